The lowest BCUT2D eigenvalue weighted by atomic mass is 10.1. The number of hydrogen-bond acceptors (Lipinski definition) is 2. The van der Waals surface area contributed by atoms with E-state index in [2.05, 4.69) is 24.6 Å². The maximum atomic E-state index is 5.89. The van der Waals surface area contributed by atoms with Crippen molar-refractivity contribution in [3.63, 3.8) is 0 Å². The first-order valence-corrected chi connectivity index (χ1v) is 6.98. The topological polar surface area (TPSA) is 27.3 Å². The van der Waals surface area contributed by atoms with E-state index < -0.39 is 0 Å². The van der Waals surface area contributed by atoms with Gasteiger partial charge in [0.1, 0.15) is 5.66 Å². The van der Waals surface area contributed by atoms with E-state index in [0.29, 0.717) is 5.11 Å². The summed E-state index contributed by atoms with van der Waals surface area (Å²) >= 11 is 11.3. The summed E-state index contributed by atoms with van der Waals surface area (Å²) in [6, 6.07) is 7.63. The van der Waals surface area contributed by atoms with Crippen LogP contribution in [0.3, 0.4) is 0 Å². The molecule has 0 radical (unpaired) electrons. The molecule has 1 heterocycles. The Morgan fingerprint density at radius 3 is 2.61 bits per heavy atom. The van der Waals surface area contributed by atoms with Crippen molar-refractivity contribution in [3.8, 4) is 0 Å². The van der Waals surface area contributed by atoms with Gasteiger partial charge in [-0.05, 0) is 56.2 Å². The van der Waals surface area contributed by atoms with E-state index in [4.69, 9.17) is 23.8 Å². The van der Waals surface area contributed by atoms with E-state index in [9.17, 15) is 0 Å². The van der Waals surface area contributed by atoms with Crippen molar-refractivity contribution in [2.24, 2.45) is 0 Å². The molecule has 0 spiro atoms. The highest BCUT2D eigenvalue weighted by Gasteiger charge is 2.35. The zero-order valence-electron chi connectivity index (χ0n) is 10.7. The summed E-state index contributed by atoms with van der Waals surface area (Å²) in [7, 11) is 0. The largest absolute Gasteiger partial charge is 0.342 e. The van der Waals surface area contributed by atoms with Crippen LogP contribution in [-0.2, 0) is 0 Å². The first-order valence-electron chi connectivity index (χ1n) is 6.20. The van der Waals surface area contributed by atoms with Crippen molar-refractivity contribution < 1.29 is 0 Å². The molecule has 0 unspecified atom stereocenters. The van der Waals surface area contributed by atoms with E-state index in [1.54, 1.807) is 0 Å². The van der Waals surface area contributed by atoms with Crippen LogP contribution in [0.1, 0.15) is 33.1 Å². The molecule has 1 aromatic rings. The maximum absolute atomic E-state index is 5.89. The Bertz CT molecular complexity index is 434. The molecule has 98 valence electrons. The van der Waals surface area contributed by atoms with E-state index in [-0.39, 0.29) is 5.66 Å². The molecule has 0 saturated carbocycles. The van der Waals surface area contributed by atoms with E-state index >= 15 is 0 Å². The van der Waals surface area contributed by atoms with Gasteiger partial charge in [-0.2, -0.15) is 0 Å². The van der Waals surface area contributed by atoms with Gasteiger partial charge >= 0.3 is 0 Å². The van der Waals surface area contributed by atoms with Gasteiger partial charge in [0.25, 0.3) is 0 Å². The molecule has 1 aliphatic rings. The predicted molar refractivity (Wildman–Crippen MR) is 80.7 cm³/mol. The van der Waals surface area contributed by atoms with E-state index in [1.165, 1.54) is 6.42 Å². The third-order valence-corrected chi connectivity index (χ3v) is 3.60. The lowest BCUT2D eigenvalue weighted by molar-refractivity contribution is 0.337. The maximum Gasteiger partial charge on any atom is 0.189 e. The molecule has 0 amide bonds. The van der Waals surface area contributed by atoms with E-state index in [0.717, 1.165) is 23.6 Å². The predicted octanol–water partition coefficient (Wildman–Crippen LogP) is 3.45. The first kappa shape index (κ1) is 13.6. The van der Waals surface area contributed by atoms with Crippen molar-refractivity contribution in [1.29, 1.82) is 0 Å². The second-order valence-electron chi connectivity index (χ2n) is 4.79. The summed E-state index contributed by atoms with van der Waals surface area (Å²) in [6.45, 7) is 4.32. The Labute approximate surface area is 118 Å². The number of rotatable bonds is 4. The van der Waals surface area contributed by atoms with Crippen LogP contribution in [0.2, 0.25) is 5.02 Å². The minimum Gasteiger partial charge on any atom is -0.342 e. The highest BCUT2D eigenvalue weighted by molar-refractivity contribution is 7.80. The van der Waals surface area contributed by atoms with Gasteiger partial charge in [0.15, 0.2) is 5.11 Å². The highest BCUT2D eigenvalue weighted by Crippen LogP contribution is 2.23. The van der Waals surface area contributed by atoms with Gasteiger partial charge in [-0.25, -0.2) is 5.43 Å². The van der Waals surface area contributed by atoms with Crippen molar-refractivity contribution in [3.05, 3.63) is 29.3 Å². The van der Waals surface area contributed by atoms with Gasteiger partial charge in [-0.1, -0.05) is 24.9 Å². The number of nitrogens with zero attached hydrogens (tertiary/aromatic N) is 1. The lowest BCUT2D eigenvalue weighted by Crippen LogP contribution is -2.48. The molecular formula is C13H18ClN3S. The van der Waals surface area contributed by atoms with Crippen LogP contribution in [0.5, 0.6) is 0 Å². The van der Waals surface area contributed by atoms with Crippen LogP contribution >= 0.6 is 23.8 Å². The number of unbranched alkanes of at least 4 members (excludes halogenated alkanes) is 1. The highest BCUT2D eigenvalue weighted by atomic mass is 35.5. The second kappa shape index (κ2) is 5.43. The van der Waals surface area contributed by atoms with Crippen LogP contribution in [-0.4, -0.2) is 10.8 Å². The van der Waals surface area contributed by atoms with Crippen molar-refractivity contribution in [1.82, 2.24) is 10.7 Å². The van der Waals surface area contributed by atoms with Crippen LogP contribution < -0.4 is 15.8 Å². The van der Waals surface area contributed by atoms with Crippen LogP contribution in [0.25, 0.3) is 0 Å². The molecule has 18 heavy (non-hydrogen) atoms. The number of halogens is 1. The Morgan fingerprint density at radius 1 is 1.33 bits per heavy atom. The molecule has 5 heteroatoms. The Hall–Kier alpha value is -0.840. The molecular weight excluding hydrogens is 266 g/mol. The molecule has 0 aromatic heterocycles. The lowest BCUT2D eigenvalue weighted by Gasteiger charge is -2.25. The SMILES string of the molecule is CCCC[C@@]1(C)NC(=S)N(c2ccc(Cl)cc2)N1. The summed E-state index contributed by atoms with van der Waals surface area (Å²) in [5.41, 5.74) is 4.26. The minimum atomic E-state index is -0.160. The summed E-state index contributed by atoms with van der Waals surface area (Å²) < 4.78 is 0. The van der Waals surface area contributed by atoms with Crippen LogP contribution in [0.15, 0.2) is 24.3 Å². The van der Waals surface area contributed by atoms with Gasteiger partial charge in [0.05, 0.1) is 5.69 Å². The molecule has 0 bridgehead atoms. The third-order valence-electron chi connectivity index (χ3n) is 3.06. The molecule has 1 fully saturated rings. The molecule has 2 rings (SSSR count). The van der Waals surface area contributed by atoms with Gasteiger partial charge in [-0.15, -0.1) is 0 Å². The molecule has 1 saturated heterocycles. The second-order valence-corrected chi connectivity index (χ2v) is 5.61. The smallest absolute Gasteiger partial charge is 0.189 e. The molecule has 2 N–H and O–H groups in total. The monoisotopic (exact) mass is 283 g/mol. The number of hydrazine groups is 1. The molecule has 0 aliphatic carbocycles. The average molecular weight is 284 g/mol. The van der Waals surface area contributed by atoms with Crippen molar-refractivity contribution in [2.75, 3.05) is 5.01 Å². The fourth-order valence-electron chi connectivity index (χ4n) is 2.04. The summed E-state index contributed by atoms with van der Waals surface area (Å²) in [4.78, 5) is 0. The zero-order valence-corrected chi connectivity index (χ0v) is 12.2. The van der Waals surface area contributed by atoms with Gasteiger partial charge in [0.2, 0.25) is 0 Å². The number of benzene rings is 1. The number of anilines is 1. The first-order chi connectivity index (χ1) is 8.54. The van der Waals surface area contributed by atoms with Crippen LogP contribution in [0.4, 0.5) is 5.69 Å². The standard InChI is InChI=1S/C13H18ClN3S/c1-3-4-9-13(2)15-12(18)17(16-13)11-7-5-10(14)6-8-11/h5-8,16H,3-4,9H2,1-2H3,(H,15,18)/t13-/m0/s1. The minimum absolute atomic E-state index is 0.160. The number of nitrogens with one attached hydrogen (secondary N) is 2. The molecule has 1 aliphatic heterocycles. The van der Waals surface area contributed by atoms with Crippen LogP contribution in [0, 0.1) is 0 Å². The summed E-state index contributed by atoms with van der Waals surface area (Å²) in [6.07, 6.45) is 3.37. The molecule has 1 atom stereocenters. The zero-order chi connectivity index (χ0) is 13.2. The Morgan fingerprint density at radius 2 is 2.00 bits per heavy atom. The summed E-state index contributed by atoms with van der Waals surface area (Å²) in [5, 5.41) is 6.68. The molecule has 1 aromatic carbocycles. The van der Waals surface area contributed by atoms with Gasteiger partial charge in [-0.3, -0.25) is 5.01 Å². The average Bonchev–Trinajstić information content (AvgIpc) is 2.64. The van der Waals surface area contributed by atoms with Gasteiger partial charge < -0.3 is 5.32 Å². The fourth-order valence-corrected chi connectivity index (χ4v) is 2.54. The summed E-state index contributed by atoms with van der Waals surface area (Å²) in [5.74, 6) is 0. The van der Waals surface area contributed by atoms with Crippen molar-refractivity contribution >= 4 is 34.6 Å². The normalized spacial score (nSPS) is 23.3. The van der Waals surface area contributed by atoms with Gasteiger partial charge in [0, 0.05) is 5.02 Å². The van der Waals surface area contributed by atoms with E-state index in [1.807, 2.05) is 29.3 Å². The Kier molecular flexibility index (Phi) is 4.10. The quantitative estimate of drug-likeness (QED) is 0.828. The van der Waals surface area contributed by atoms with Crippen molar-refractivity contribution in [2.45, 2.75) is 38.8 Å². The fraction of sp³-hybridized carbons (Fsp3) is 0.462. The third kappa shape index (κ3) is 2.94. The molecule has 3 nitrogen and oxygen atoms in total. The number of hydrogen-bond donors (Lipinski definition) is 2. The Balaban J connectivity index is 2.11. The number of thiocarbonyl (C=S) groups is 1.